The predicted molar refractivity (Wildman–Crippen MR) is 191 cm³/mol. The van der Waals surface area contributed by atoms with E-state index >= 15 is 14.4 Å². The number of nitro groups is 1. The zero-order valence-corrected chi connectivity index (χ0v) is 28.0. The van der Waals surface area contributed by atoms with Gasteiger partial charge in [-0.1, -0.05) is 91.0 Å². The fraction of sp³-hybridized carbons (Fsp3) is 0.167. The molecule has 1 saturated carbocycles. The van der Waals surface area contributed by atoms with Crippen molar-refractivity contribution in [3.05, 3.63) is 165 Å². The van der Waals surface area contributed by atoms with Crippen molar-refractivity contribution in [2.45, 2.75) is 17.8 Å². The van der Waals surface area contributed by atoms with E-state index in [-0.39, 0.29) is 17.2 Å². The van der Waals surface area contributed by atoms with Crippen LogP contribution < -0.4 is 14.4 Å². The molecule has 0 N–H and O–H groups in total. The lowest BCUT2D eigenvalue weighted by Crippen LogP contribution is -2.45. The maximum absolute atomic E-state index is 16.1. The van der Waals surface area contributed by atoms with E-state index in [1.807, 2.05) is 109 Å². The van der Waals surface area contributed by atoms with Gasteiger partial charge >= 0.3 is 0 Å². The molecule has 9 nitrogen and oxygen atoms in total. The first-order valence-corrected chi connectivity index (χ1v) is 16.5. The molecule has 1 saturated heterocycles. The Labute approximate surface area is 293 Å². The molecule has 4 atom stereocenters. The van der Waals surface area contributed by atoms with Crippen LogP contribution >= 0.6 is 0 Å². The number of ether oxygens (including phenoxy) is 2. The van der Waals surface area contributed by atoms with Gasteiger partial charge < -0.3 is 9.47 Å². The number of imide groups is 1. The first kappa shape index (κ1) is 31.9. The summed E-state index contributed by atoms with van der Waals surface area (Å²) < 4.78 is 11.0. The molecule has 2 fully saturated rings. The lowest BCUT2D eigenvalue weighted by molar-refractivity contribution is -0.384. The summed E-state index contributed by atoms with van der Waals surface area (Å²) in [6.07, 6.45) is 0. The van der Waals surface area contributed by atoms with Gasteiger partial charge in [-0.25, -0.2) is 4.90 Å². The minimum atomic E-state index is -1.62. The number of fused-ring (bicyclic) bond motifs is 5. The van der Waals surface area contributed by atoms with Crippen LogP contribution in [0.5, 0.6) is 11.5 Å². The van der Waals surface area contributed by atoms with E-state index in [2.05, 4.69) is 0 Å². The molecule has 1 heterocycles. The van der Waals surface area contributed by atoms with Gasteiger partial charge in [0.25, 0.3) is 5.69 Å². The molecular weight excluding hydrogens is 644 g/mol. The Hall–Kier alpha value is -6.35. The summed E-state index contributed by atoms with van der Waals surface area (Å²) in [5.74, 6) is -2.54. The van der Waals surface area contributed by atoms with Gasteiger partial charge in [-0.3, -0.25) is 24.5 Å². The van der Waals surface area contributed by atoms with Crippen LogP contribution in [0.3, 0.4) is 0 Å². The quantitative estimate of drug-likeness (QED) is 0.0977. The molecule has 5 aromatic carbocycles. The van der Waals surface area contributed by atoms with Crippen molar-refractivity contribution in [2.24, 2.45) is 11.8 Å². The number of aryl methyl sites for hydroxylation is 1. The number of benzene rings is 5. The average molecular weight is 677 g/mol. The van der Waals surface area contributed by atoms with E-state index < -0.39 is 39.4 Å². The first-order chi connectivity index (χ1) is 24.7. The third-order valence-electron chi connectivity index (χ3n) is 10.9. The highest BCUT2D eigenvalue weighted by Gasteiger charge is 2.82. The van der Waals surface area contributed by atoms with Crippen LogP contribution in [0.25, 0.3) is 11.1 Å². The monoisotopic (exact) mass is 676 g/mol. The third kappa shape index (κ3) is 4.18. The van der Waals surface area contributed by atoms with Gasteiger partial charge in [0.2, 0.25) is 11.8 Å². The molecule has 2 amide bonds. The SMILES string of the molecule is COc1ccc(C2=C(c3ccc(OC)cc3)[C@@]3(c4ccccc4)C(=O)[C@@]2(c2ccccc2)[C@@H]2C(=O)N(c4cc([N+](=O)[O-])ccc4C)C(=O)[C@@H]23)cc1. The molecule has 0 unspecified atom stereocenters. The summed E-state index contributed by atoms with van der Waals surface area (Å²) in [5.41, 5.74) is 0.937. The summed E-state index contributed by atoms with van der Waals surface area (Å²) in [4.78, 5) is 59.0. The molecule has 0 radical (unpaired) electrons. The van der Waals surface area contributed by atoms with Crippen molar-refractivity contribution < 1.29 is 28.8 Å². The Bertz CT molecular complexity index is 2160. The number of carbonyl (C=O) groups is 3. The number of allylic oxidation sites excluding steroid dienone is 2. The Balaban J connectivity index is 1.53. The number of rotatable bonds is 8. The molecule has 2 bridgehead atoms. The molecule has 3 aliphatic rings. The second-order valence-corrected chi connectivity index (χ2v) is 13.1. The largest absolute Gasteiger partial charge is 0.497 e. The van der Waals surface area contributed by atoms with E-state index in [9.17, 15) is 10.1 Å². The first-order valence-electron chi connectivity index (χ1n) is 16.5. The molecular formula is C42H32N2O7. The number of nitro benzene ring substituents is 1. The van der Waals surface area contributed by atoms with E-state index in [0.717, 1.165) is 4.90 Å². The lowest BCUT2D eigenvalue weighted by Gasteiger charge is -2.39. The van der Waals surface area contributed by atoms with Crippen LogP contribution in [0.1, 0.15) is 27.8 Å². The molecule has 9 heteroatoms. The van der Waals surface area contributed by atoms with Crippen LogP contribution in [-0.4, -0.2) is 36.7 Å². The summed E-state index contributed by atoms with van der Waals surface area (Å²) in [6, 6.07) is 37.3. The van der Waals surface area contributed by atoms with Gasteiger partial charge in [0, 0.05) is 12.1 Å². The van der Waals surface area contributed by atoms with Gasteiger partial charge in [0.15, 0.2) is 5.78 Å². The highest BCUT2D eigenvalue weighted by atomic mass is 16.6. The van der Waals surface area contributed by atoms with Crippen molar-refractivity contribution in [2.75, 3.05) is 19.1 Å². The maximum atomic E-state index is 16.1. The Morgan fingerprint density at radius 1 is 0.627 bits per heavy atom. The van der Waals surface area contributed by atoms with Gasteiger partial charge in [-0.2, -0.15) is 0 Å². The number of nitrogens with zero attached hydrogens (tertiary/aromatic N) is 2. The van der Waals surface area contributed by atoms with Crippen molar-refractivity contribution in [1.82, 2.24) is 0 Å². The van der Waals surface area contributed by atoms with Crippen LogP contribution in [0.4, 0.5) is 11.4 Å². The molecule has 0 aromatic heterocycles. The zero-order valence-electron chi connectivity index (χ0n) is 28.0. The van der Waals surface area contributed by atoms with Crippen molar-refractivity contribution >= 4 is 40.1 Å². The Morgan fingerprint density at radius 3 is 1.45 bits per heavy atom. The lowest BCUT2D eigenvalue weighted by atomic mass is 9.59. The summed E-state index contributed by atoms with van der Waals surface area (Å²) >= 11 is 0. The normalized spacial score (nSPS) is 23.5. The summed E-state index contributed by atoms with van der Waals surface area (Å²) in [5, 5.41) is 11.9. The van der Waals surface area contributed by atoms with Crippen molar-refractivity contribution in [3.63, 3.8) is 0 Å². The van der Waals surface area contributed by atoms with Crippen molar-refractivity contribution in [1.29, 1.82) is 0 Å². The molecule has 1 aliphatic heterocycles. The van der Waals surface area contributed by atoms with Crippen LogP contribution in [-0.2, 0) is 25.2 Å². The highest BCUT2D eigenvalue weighted by Crippen LogP contribution is 2.74. The van der Waals surface area contributed by atoms with E-state index in [1.165, 1.54) is 18.2 Å². The van der Waals surface area contributed by atoms with Crippen LogP contribution in [0.2, 0.25) is 0 Å². The number of anilines is 1. The highest BCUT2D eigenvalue weighted by molar-refractivity contribution is 6.39. The minimum Gasteiger partial charge on any atom is -0.497 e. The average Bonchev–Trinajstić information content (AvgIpc) is 3.67. The number of hydrogen-bond acceptors (Lipinski definition) is 7. The number of amides is 2. The maximum Gasteiger partial charge on any atom is 0.271 e. The molecule has 8 rings (SSSR count). The van der Waals surface area contributed by atoms with Crippen LogP contribution in [0.15, 0.2) is 127 Å². The Morgan fingerprint density at radius 2 is 1.06 bits per heavy atom. The topological polar surface area (TPSA) is 116 Å². The minimum absolute atomic E-state index is 0.129. The van der Waals surface area contributed by atoms with Crippen LogP contribution in [0, 0.1) is 28.9 Å². The number of ketones is 1. The Kier molecular flexibility index (Phi) is 7.27. The smallest absolute Gasteiger partial charge is 0.271 e. The van der Waals surface area contributed by atoms with E-state index in [0.29, 0.717) is 50.5 Å². The summed E-state index contributed by atoms with van der Waals surface area (Å²) in [7, 11) is 3.15. The third-order valence-corrected chi connectivity index (χ3v) is 10.9. The number of methoxy groups -OCH3 is 2. The molecule has 2 aliphatic carbocycles. The number of Topliss-reactive ketones (excluding diaryl/α,β-unsaturated/α-hetero) is 1. The number of carbonyl (C=O) groups excluding carboxylic acids is 3. The van der Waals surface area contributed by atoms with E-state index in [4.69, 9.17) is 9.47 Å². The fourth-order valence-electron chi connectivity index (χ4n) is 8.83. The fourth-order valence-corrected chi connectivity index (χ4v) is 8.83. The second kappa shape index (κ2) is 11.6. The second-order valence-electron chi connectivity index (χ2n) is 13.1. The molecule has 252 valence electrons. The van der Waals surface area contributed by atoms with Gasteiger partial charge in [0.1, 0.15) is 11.5 Å². The molecule has 51 heavy (non-hydrogen) atoms. The standard InChI is InChI=1S/C42H32N2O7/c1-25-14-19-30(44(48)49)24-33(25)43-38(45)36-37(39(43)46)42(29-12-8-5-9-13-29)35(27-17-22-32(51-3)23-18-27)34(26-15-20-31(50-2)21-16-26)41(36,40(42)47)28-10-6-4-7-11-28/h4-24,36-37H,1-3H3/t36-,37+,41-,42-/m1/s1. The molecule has 0 spiro atoms. The van der Waals surface area contributed by atoms with Gasteiger partial charge in [0.05, 0.1) is 47.5 Å². The summed E-state index contributed by atoms with van der Waals surface area (Å²) in [6.45, 7) is 1.71. The van der Waals surface area contributed by atoms with Gasteiger partial charge in [-0.05, 0) is 70.2 Å². The zero-order chi connectivity index (χ0) is 35.7. The molecule has 5 aromatic rings. The number of hydrogen-bond donors (Lipinski definition) is 0. The van der Waals surface area contributed by atoms with E-state index in [1.54, 1.807) is 21.1 Å². The van der Waals surface area contributed by atoms with Crippen molar-refractivity contribution in [3.8, 4) is 11.5 Å². The predicted octanol–water partition coefficient (Wildman–Crippen LogP) is 7.11. The number of non-ortho nitro benzene ring substituents is 1. The van der Waals surface area contributed by atoms with Gasteiger partial charge in [-0.15, -0.1) is 0 Å².